The maximum Gasteiger partial charge on any atom is 0.268 e. The van der Waals surface area contributed by atoms with Crippen LogP contribution in [-0.4, -0.2) is 45.1 Å². The van der Waals surface area contributed by atoms with Crippen molar-refractivity contribution in [3.8, 4) is 45.4 Å². The van der Waals surface area contributed by atoms with Gasteiger partial charge in [0.15, 0.2) is 0 Å². The van der Waals surface area contributed by atoms with Crippen LogP contribution in [0, 0.1) is 6.92 Å². The predicted octanol–water partition coefficient (Wildman–Crippen LogP) is 5.85. The lowest BCUT2D eigenvalue weighted by Crippen LogP contribution is -2.21. The van der Waals surface area contributed by atoms with E-state index in [1.807, 2.05) is 48.7 Å². The summed E-state index contributed by atoms with van der Waals surface area (Å²) in [5.74, 6) is 0.680. The molecule has 3 heterocycles. The van der Waals surface area contributed by atoms with Crippen molar-refractivity contribution in [1.29, 1.82) is 0 Å². The molecule has 0 N–H and O–H groups in total. The van der Waals surface area contributed by atoms with Crippen LogP contribution in [0.2, 0.25) is 0 Å². The number of aromatic nitrogens is 4. The monoisotopic (exact) mass is 469 g/mol. The van der Waals surface area contributed by atoms with E-state index in [9.17, 15) is 4.79 Å². The third kappa shape index (κ3) is 4.11. The minimum absolute atomic E-state index is 0. The number of carbonyl (C=O) groups excluding carboxylic acids is 1. The van der Waals surface area contributed by atoms with Gasteiger partial charge < -0.3 is 9.32 Å². The molecule has 170 valence electrons. The second kappa shape index (κ2) is 8.99. The number of carbonyl (C=O) groups is 1. The molecule has 34 heavy (non-hydrogen) atoms. The number of amides is 1. The number of benzene rings is 2. The molecule has 0 saturated heterocycles. The smallest absolute Gasteiger partial charge is 0.268 e. The van der Waals surface area contributed by atoms with Gasteiger partial charge in [0.2, 0.25) is 5.89 Å². The molecule has 5 aromatic rings. The molecular formula is C26H23N5O2S. The fourth-order valence-corrected chi connectivity index (χ4v) is 4.26. The van der Waals surface area contributed by atoms with E-state index in [4.69, 9.17) is 9.40 Å². The molecule has 0 aliphatic carbocycles. The third-order valence-corrected chi connectivity index (χ3v) is 6.09. The van der Waals surface area contributed by atoms with Crippen LogP contribution in [0.25, 0.3) is 45.4 Å². The van der Waals surface area contributed by atoms with Crippen molar-refractivity contribution in [2.24, 2.45) is 0 Å². The summed E-state index contributed by atoms with van der Waals surface area (Å²) in [5.41, 5.74) is 6.32. The highest BCUT2D eigenvalue weighted by Gasteiger charge is 2.18. The number of aryl methyl sites for hydroxylation is 1. The van der Waals surface area contributed by atoms with E-state index >= 15 is 0 Å². The van der Waals surface area contributed by atoms with Crippen LogP contribution in [0.4, 0.5) is 0 Å². The fraction of sp³-hybridized carbons (Fsp3) is 0.115. The van der Waals surface area contributed by atoms with Gasteiger partial charge in [-0.15, -0.1) is 10.2 Å². The molecule has 0 aliphatic rings. The van der Waals surface area contributed by atoms with Crippen LogP contribution in [0.3, 0.4) is 0 Å². The van der Waals surface area contributed by atoms with E-state index in [-0.39, 0.29) is 7.33 Å². The highest BCUT2D eigenvalue weighted by atomic mass is 32.1. The standard InChI is InChI=1S/C26H21N5O2S.H2/c1-16-23(28-22(14-27-16)17-8-10-18(11-9-17)26(32)31(2)3)25-30-29-24(33-25)21-7-5-4-6-20(21)19-12-13-34-15-19;/h4-15H,1-3H3;1H. The lowest BCUT2D eigenvalue weighted by Gasteiger charge is -2.10. The van der Waals surface area contributed by atoms with Crippen molar-refractivity contribution in [1.82, 2.24) is 25.1 Å². The van der Waals surface area contributed by atoms with Crippen molar-refractivity contribution in [3.63, 3.8) is 0 Å². The van der Waals surface area contributed by atoms with Crippen LogP contribution in [0.5, 0.6) is 0 Å². The SMILES string of the molecule is Cc1ncc(-c2ccc(C(=O)N(C)C)cc2)nc1-c1nnc(-c2ccccc2-c2ccsc2)o1.[HH]. The van der Waals surface area contributed by atoms with Gasteiger partial charge in [0, 0.05) is 32.2 Å². The average molecular weight is 470 g/mol. The predicted molar refractivity (Wildman–Crippen MR) is 134 cm³/mol. The molecular weight excluding hydrogens is 446 g/mol. The lowest BCUT2D eigenvalue weighted by atomic mass is 10.0. The first-order chi connectivity index (χ1) is 16.5. The fourth-order valence-electron chi connectivity index (χ4n) is 3.60. The summed E-state index contributed by atoms with van der Waals surface area (Å²) in [7, 11) is 3.46. The van der Waals surface area contributed by atoms with Gasteiger partial charge in [-0.1, -0.05) is 30.3 Å². The minimum Gasteiger partial charge on any atom is -0.415 e. The molecule has 2 aromatic carbocycles. The number of hydrogen-bond acceptors (Lipinski definition) is 7. The van der Waals surface area contributed by atoms with E-state index in [1.54, 1.807) is 48.7 Å². The Labute approximate surface area is 202 Å². The van der Waals surface area contributed by atoms with Gasteiger partial charge in [-0.3, -0.25) is 9.78 Å². The molecule has 0 radical (unpaired) electrons. The zero-order valence-corrected chi connectivity index (χ0v) is 19.7. The lowest BCUT2D eigenvalue weighted by molar-refractivity contribution is 0.0827. The molecule has 0 bridgehead atoms. The van der Waals surface area contributed by atoms with Crippen molar-refractivity contribution in [2.45, 2.75) is 6.92 Å². The average Bonchev–Trinajstić information content (AvgIpc) is 3.57. The molecule has 3 aromatic heterocycles. The zero-order chi connectivity index (χ0) is 23.7. The molecule has 0 unspecified atom stereocenters. The molecule has 0 saturated carbocycles. The summed E-state index contributed by atoms with van der Waals surface area (Å²) >= 11 is 1.64. The Morgan fingerprint density at radius 3 is 2.38 bits per heavy atom. The maximum absolute atomic E-state index is 12.2. The van der Waals surface area contributed by atoms with Gasteiger partial charge in [0.25, 0.3) is 11.8 Å². The van der Waals surface area contributed by atoms with Crippen molar-refractivity contribution < 1.29 is 10.6 Å². The first kappa shape index (κ1) is 21.7. The van der Waals surface area contributed by atoms with Crippen LogP contribution in [-0.2, 0) is 0 Å². The van der Waals surface area contributed by atoms with Crippen molar-refractivity contribution in [3.05, 3.63) is 82.8 Å². The second-order valence-electron chi connectivity index (χ2n) is 7.94. The maximum atomic E-state index is 12.2. The van der Waals surface area contributed by atoms with Gasteiger partial charge in [-0.25, -0.2) is 4.98 Å². The van der Waals surface area contributed by atoms with E-state index in [1.165, 1.54) is 0 Å². The molecule has 0 atom stereocenters. The van der Waals surface area contributed by atoms with E-state index in [2.05, 4.69) is 26.6 Å². The number of thiophene rings is 1. The van der Waals surface area contributed by atoms with Crippen LogP contribution >= 0.6 is 11.3 Å². The van der Waals surface area contributed by atoms with E-state index in [0.29, 0.717) is 34.4 Å². The molecule has 7 nitrogen and oxygen atoms in total. The summed E-state index contributed by atoms with van der Waals surface area (Å²) in [4.78, 5) is 23.0. The summed E-state index contributed by atoms with van der Waals surface area (Å²) in [6, 6.07) is 17.3. The topological polar surface area (TPSA) is 85.0 Å². The Bertz CT molecular complexity index is 1460. The molecule has 0 fully saturated rings. The van der Waals surface area contributed by atoms with Gasteiger partial charge in [-0.05, 0) is 53.1 Å². The van der Waals surface area contributed by atoms with Crippen LogP contribution in [0.1, 0.15) is 17.5 Å². The van der Waals surface area contributed by atoms with Gasteiger partial charge in [-0.2, -0.15) is 11.3 Å². The van der Waals surface area contributed by atoms with Crippen molar-refractivity contribution in [2.75, 3.05) is 14.1 Å². The quantitative estimate of drug-likeness (QED) is 0.321. The van der Waals surface area contributed by atoms with Crippen molar-refractivity contribution >= 4 is 17.2 Å². The Morgan fingerprint density at radius 2 is 1.68 bits per heavy atom. The molecule has 0 aliphatic heterocycles. The first-order valence-corrected chi connectivity index (χ1v) is 11.6. The number of hydrogen-bond donors (Lipinski definition) is 0. The summed E-state index contributed by atoms with van der Waals surface area (Å²) in [5, 5.41) is 12.7. The molecule has 0 spiro atoms. The van der Waals surface area contributed by atoms with Crippen LogP contribution in [0.15, 0.2) is 76.0 Å². The number of rotatable bonds is 5. The summed E-state index contributed by atoms with van der Waals surface area (Å²) < 4.78 is 6.07. The minimum atomic E-state index is -0.0525. The second-order valence-corrected chi connectivity index (χ2v) is 8.72. The van der Waals surface area contributed by atoms with Gasteiger partial charge in [0.05, 0.1) is 17.6 Å². The Morgan fingerprint density at radius 1 is 0.941 bits per heavy atom. The summed E-state index contributed by atoms with van der Waals surface area (Å²) in [6.07, 6.45) is 1.70. The Hall–Kier alpha value is -4.17. The zero-order valence-electron chi connectivity index (χ0n) is 18.9. The first-order valence-electron chi connectivity index (χ1n) is 10.6. The van der Waals surface area contributed by atoms with Gasteiger partial charge >= 0.3 is 0 Å². The van der Waals surface area contributed by atoms with Crippen LogP contribution < -0.4 is 0 Å². The normalized spacial score (nSPS) is 10.9. The highest BCUT2D eigenvalue weighted by Crippen LogP contribution is 2.34. The van der Waals surface area contributed by atoms with E-state index in [0.717, 1.165) is 22.3 Å². The largest absolute Gasteiger partial charge is 0.415 e. The van der Waals surface area contributed by atoms with E-state index < -0.39 is 0 Å². The third-order valence-electron chi connectivity index (χ3n) is 5.41. The highest BCUT2D eigenvalue weighted by molar-refractivity contribution is 7.08. The summed E-state index contributed by atoms with van der Waals surface area (Å²) in [6.45, 7) is 1.86. The Kier molecular flexibility index (Phi) is 5.73. The molecule has 1 amide bonds. The van der Waals surface area contributed by atoms with Gasteiger partial charge in [0.1, 0.15) is 5.69 Å². The Balaban J connectivity index is 0.00000289. The molecule has 5 rings (SSSR count). The number of nitrogens with zero attached hydrogens (tertiary/aromatic N) is 5. The molecule has 8 heteroatoms.